The van der Waals surface area contributed by atoms with Crippen molar-refractivity contribution in [2.75, 3.05) is 19.0 Å². The van der Waals surface area contributed by atoms with E-state index in [0.29, 0.717) is 0 Å². The van der Waals surface area contributed by atoms with Gasteiger partial charge in [0.1, 0.15) is 0 Å². The summed E-state index contributed by atoms with van der Waals surface area (Å²) in [4.78, 5) is 1.94. The van der Waals surface area contributed by atoms with E-state index >= 15 is 0 Å². The smallest absolute Gasteiger partial charge is 0.231 e. The minimum Gasteiger partial charge on any atom is -0.347 e. The van der Waals surface area contributed by atoms with Gasteiger partial charge in [0.2, 0.25) is 5.95 Å². The molecule has 0 saturated carbocycles. The molecule has 0 bridgehead atoms. The van der Waals surface area contributed by atoms with Gasteiger partial charge in [-0.3, -0.25) is 4.57 Å². The molecular weight excluding hydrogens is 332 g/mol. The fraction of sp³-hybridized carbons (Fsp3) is 0.391. The molecule has 0 atom stereocenters. The van der Waals surface area contributed by atoms with Crippen molar-refractivity contribution in [1.82, 2.24) is 14.8 Å². The molecule has 4 heteroatoms. The summed E-state index contributed by atoms with van der Waals surface area (Å²) in [6.07, 6.45) is 17.8. The largest absolute Gasteiger partial charge is 0.347 e. The van der Waals surface area contributed by atoms with Crippen molar-refractivity contribution in [3.63, 3.8) is 0 Å². The topological polar surface area (TPSA) is 34.0 Å². The molecule has 0 N–H and O–H groups in total. The van der Waals surface area contributed by atoms with Gasteiger partial charge in [0.15, 0.2) is 5.82 Å². The minimum atomic E-state index is 0.756. The lowest BCUT2D eigenvalue weighted by Gasteiger charge is -2.16. The first-order valence-electron chi connectivity index (χ1n) is 9.65. The molecule has 4 nitrogen and oxygen atoms in total. The highest BCUT2D eigenvalue weighted by molar-refractivity contribution is 5.76. The van der Waals surface area contributed by atoms with Crippen molar-refractivity contribution in [2.45, 2.75) is 48.5 Å². The molecule has 0 unspecified atom stereocenters. The lowest BCUT2D eigenvalue weighted by molar-refractivity contribution is 0.962. The molecular formula is C23H38N4. The number of hydrogen-bond donors (Lipinski definition) is 0. The SMILES string of the molecule is C=C/C(=C\C=C/C)n1c(C(/C=C\C)=C/C=C\C)nnc1N(C)C.CC.CC. The number of nitrogens with zero attached hydrogens (tertiary/aromatic N) is 4. The van der Waals surface area contributed by atoms with Gasteiger partial charge in [0, 0.05) is 19.7 Å². The Labute approximate surface area is 167 Å². The third-order valence-corrected chi connectivity index (χ3v) is 3.05. The second-order valence-electron chi connectivity index (χ2n) is 5.02. The average Bonchev–Trinajstić information content (AvgIpc) is 3.14. The van der Waals surface area contributed by atoms with Crippen LogP contribution in [0.2, 0.25) is 0 Å². The second-order valence-corrected chi connectivity index (χ2v) is 5.02. The third kappa shape index (κ3) is 8.54. The van der Waals surface area contributed by atoms with E-state index in [2.05, 4.69) is 16.8 Å². The average molecular weight is 371 g/mol. The fourth-order valence-corrected chi connectivity index (χ4v) is 2.00. The Bertz CT molecular complexity index is 669. The van der Waals surface area contributed by atoms with Crippen LogP contribution in [0.25, 0.3) is 11.3 Å². The van der Waals surface area contributed by atoms with Crippen LogP contribution in [-0.2, 0) is 0 Å². The van der Waals surface area contributed by atoms with Gasteiger partial charge < -0.3 is 4.90 Å². The molecule has 1 rings (SSSR count). The van der Waals surface area contributed by atoms with Crippen molar-refractivity contribution in [1.29, 1.82) is 0 Å². The van der Waals surface area contributed by atoms with E-state index in [9.17, 15) is 0 Å². The van der Waals surface area contributed by atoms with Crippen LogP contribution in [0, 0.1) is 0 Å². The first kappa shape index (κ1) is 26.6. The van der Waals surface area contributed by atoms with Crippen LogP contribution in [0.3, 0.4) is 0 Å². The van der Waals surface area contributed by atoms with E-state index in [1.165, 1.54) is 0 Å². The zero-order valence-electron chi connectivity index (χ0n) is 18.7. The lowest BCUT2D eigenvalue weighted by atomic mass is 10.2. The van der Waals surface area contributed by atoms with Crippen LogP contribution >= 0.6 is 0 Å². The zero-order chi connectivity index (χ0) is 21.2. The van der Waals surface area contributed by atoms with Gasteiger partial charge in [0.25, 0.3) is 0 Å². The Morgan fingerprint density at radius 2 is 1.44 bits per heavy atom. The summed E-state index contributed by atoms with van der Waals surface area (Å²) in [5, 5.41) is 8.72. The number of hydrogen-bond acceptors (Lipinski definition) is 3. The molecule has 150 valence electrons. The van der Waals surface area contributed by atoms with E-state index in [-0.39, 0.29) is 0 Å². The molecule has 0 aromatic carbocycles. The van der Waals surface area contributed by atoms with Crippen LogP contribution in [0.1, 0.15) is 54.3 Å². The van der Waals surface area contributed by atoms with Crippen LogP contribution < -0.4 is 4.90 Å². The maximum Gasteiger partial charge on any atom is 0.231 e. The van der Waals surface area contributed by atoms with Crippen LogP contribution in [0.4, 0.5) is 5.95 Å². The van der Waals surface area contributed by atoms with Gasteiger partial charge in [-0.05, 0) is 32.9 Å². The summed E-state index contributed by atoms with van der Waals surface area (Å²) in [5.41, 5.74) is 1.90. The van der Waals surface area contributed by atoms with E-state index < -0.39 is 0 Å². The maximum atomic E-state index is 4.39. The quantitative estimate of drug-likeness (QED) is 0.511. The molecule has 0 aliphatic rings. The molecule has 27 heavy (non-hydrogen) atoms. The van der Waals surface area contributed by atoms with E-state index in [1.54, 1.807) is 0 Å². The Balaban J connectivity index is 0. The Kier molecular flexibility index (Phi) is 16.6. The van der Waals surface area contributed by atoms with Crippen LogP contribution in [-0.4, -0.2) is 28.9 Å². The zero-order valence-corrected chi connectivity index (χ0v) is 18.7. The molecule has 0 aliphatic carbocycles. The maximum absolute atomic E-state index is 4.39. The number of allylic oxidation sites excluding steroid dienone is 11. The van der Waals surface area contributed by atoms with Crippen molar-refractivity contribution in [2.24, 2.45) is 0 Å². The molecule has 1 aromatic heterocycles. The van der Waals surface area contributed by atoms with E-state index in [4.69, 9.17) is 0 Å². The predicted octanol–water partition coefficient (Wildman–Crippen LogP) is 6.54. The van der Waals surface area contributed by atoms with Gasteiger partial charge in [0.05, 0.1) is 5.70 Å². The molecule has 1 heterocycles. The van der Waals surface area contributed by atoms with Crippen molar-refractivity contribution >= 4 is 17.2 Å². The highest BCUT2D eigenvalue weighted by Gasteiger charge is 2.17. The molecule has 0 saturated heterocycles. The highest BCUT2D eigenvalue weighted by atomic mass is 15.4. The number of anilines is 1. The van der Waals surface area contributed by atoms with Gasteiger partial charge >= 0.3 is 0 Å². The van der Waals surface area contributed by atoms with E-state index in [1.807, 2.05) is 127 Å². The summed E-state index contributed by atoms with van der Waals surface area (Å²) in [5.74, 6) is 1.53. The van der Waals surface area contributed by atoms with Gasteiger partial charge in [-0.2, -0.15) is 0 Å². The van der Waals surface area contributed by atoms with Crippen LogP contribution in [0.15, 0.2) is 61.3 Å². The second kappa shape index (κ2) is 16.8. The Morgan fingerprint density at radius 1 is 0.889 bits per heavy atom. The summed E-state index contributed by atoms with van der Waals surface area (Å²) < 4.78 is 2.00. The standard InChI is InChI=1S/C19H26N4.2C2H6/c1-7-11-14-16(13-9-3)18-20-21-19(22(5)6)23(18)17(10-4)15-12-8-2;2*1-2/h7-15H,4H2,1-3,5-6H3;2*1-2H3/b11-7-,12-8-,13-9-,16-14+,17-15+;;. The molecule has 0 radical (unpaired) electrons. The first-order valence-corrected chi connectivity index (χ1v) is 9.65. The van der Waals surface area contributed by atoms with Crippen molar-refractivity contribution in [3.8, 4) is 0 Å². The number of rotatable bonds is 7. The summed E-state index contributed by atoms with van der Waals surface area (Å²) in [6, 6.07) is 0. The Morgan fingerprint density at radius 3 is 1.89 bits per heavy atom. The first-order chi connectivity index (χ1) is 13.1. The van der Waals surface area contributed by atoms with Gasteiger partial charge in [-0.25, -0.2) is 0 Å². The molecule has 1 aromatic rings. The Hall–Kier alpha value is -2.62. The summed E-state index contributed by atoms with van der Waals surface area (Å²) in [7, 11) is 3.90. The number of aromatic nitrogens is 3. The summed E-state index contributed by atoms with van der Waals surface area (Å²) in [6.45, 7) is 17.9. The van der Waals surface area contributed by atoms with Gasteiger partial charge in [-0.15, -0.1) is 10.2 Å². The molecule has 0 fully saturated rings. The molecule has 0 aliphatic heterocycles. The van der Waals surface area contributed by atoms with Gasteiger partial charge in [-0.1, -0.05) is 76.8 Å². The normalized spacial score (nSPS) is 12.0. The monoisotopic (exact) mass is 370 g/mol. The highest BCUT2D eigenvalue weighted by Crippen LogP contribution is 2.24. The van der Waals surface area contributed by atoms with E-state index in [0.717, 1.165) is 23.0 Å². The minimum absolute atomic E-state index is 0.756. The predicted molar refractivity (Wildman–Crippen MR) is 124 cm³/mol. The third-order valence-electron chi connectivity index (χ3n) is 3.05. The fourth-order valence-electron chi connectivity index (χ4n) is 2.00. The molecule has 0 amide bonds. The van der Waals surface area contributed by atoms with Crippen molar-refractivity contribution < 1.29 is 0 Å². The van der Waals surface area contributed by atoms with Crippen molar-refractivity contribution in [3.05, 3.63) is 67.1 Å². The summed E-state index contributed by atoms with van der Waals surface area (Å²) >= 11 is 0. The van der Waals surface area contributed by atoms with Crippen LogP contribution in [0.5, 0.6) is 0 Å². The lowest BCUT2D eigenvalue weighted by Crippen LogP contribution is -2.15. The molecule has 0 spiro atoms.